The number of carbonyl (C=O) groups is 1. The molecule has 3 N–H and O–H groups in total. The van der Waals surface area contributed by atoms with Crippen molar-refractivity contribution in [2.45, 2.75) is 25.5 Å². The Morgan fingerprint density at radius 3 is 2.67 bits per heavy atom. The average molecular weight is 250 g/mol. The van der Waals surface area contributed by atoms with E-state index in [4.69, 9.17) is 15.6 Å². The molecule has 1 fully saturated rings. The number of nitrogens with two attached hydrogens (primary N) is 1. The zero-order valence-electron chi connectivity index (χ0n) is 10.4. The summed E-state index contributed by atoms with van der Waals surface area (Å²) in [6, 6.07) is 7.63. The molecule has 1 amide bonds. The zero-order valence-corrected chi connectivity index (χ0v) is 10.4. The Bertz CT molecular complexity index is 417. The lowest BCUT2D eigenvalue weighted by atomic mass is 10.1. The molecular weight excluding hydrogens is 232 g/mol. The van der Waals surface area contributed by atoms with Crippen molar-refractivity contribution in [3.63, 3.8) is 0 Å². The van der Waals surface area contributed by atoms with Crippen LogP contribution in [0.2, 0.25) is 0 Å². The third-order valence-electron chi connectivity index (χ3n) is 3.12. The summed E-state index contributed by atoms with van der Waals surface area (Å²) in [6.07, 6.45) is -0.197. The maximum absolute atomic E-state index is 10.8. The van der Waals surface area contributed by atoms with Gasteiger partial charge in [0.15, 0.2) is 0 Å². The minimum Gasteiger partial charge on any atom is -0.489 e. The van der Waals surface area contributed by atoms with Crippen LogP contribution in [0.5, 0.6) is 5.75 Å². The number of hydrogen-bond acceptors (Lipinski definition) is 3. The van der Waals surface area contributed by atoms with E-state index < -0.39 is 6.09 Å². The van der Waals surface area contributed by atoms with Gasteiger partial charge in [-0.1, -0.05) is 12.1 Å². The third kappa shape index (κ3) is 2.92. The van der Waals surface area contributed by atoms with E-state index in [1.54, 1.807) is 0 Å². The van der Waals surface area contributed by atoms with Gasteiger partial charge in [-0.2, -0.15) is 0 Å². The second-order valence-corrected chi connectivity index (χ2v) is 4.61. The van der Waals surface area contributed by atoms with Gasteiger partial charge in [-0.25, -0.2) is 4.79 Å². The number of benzene rings is 1. The number of rotatable bonds is 3. The van der Waals surface area contributed by atoms with Gasteiger partial charge in [0, 0.05) is 19.0 Å². The summed E-state index contributed by atoms with van der Waals surface area (Å²) in [6.45, 7) is 2.90. The van der Waals surface area contributed by atoms with E-state index in [1.165, 1.54) is 4.90 Å². The second kappa shape index (κ2) is 5.27. The summed E-state index contributed by atoms with van der Waals surface area (Å²) in [4.78, 5) is 12.2. The van der Waals surface area contributed by atoms with Gasteiger partial charge < -0.3 is 20.5 Å². The molecule has 0 bridgehead atoms. The first-order valence-electron chi connectivity index (χ1n) is 6.06. The van der Waals surface area contributed by atoms with Gasteiger partial charge in [0.1, 0.15) is 11.9 Å². The van der Waals surface area contributed by atoms with Crippen LogP contribution in [-0.2, 0) is 0 Å². The van der Waals surface area contributed by atoms with Crippen LogP contribution in [0.4, 0.5) is 4.79 Å². The average Bonchev–Trinajstić information content (AvgIpc) is 2.78. The first-order chi connectivity index (χ1) is 8.56. The highest BCUT2D eigenvalue weighted by Gasteiger charge is 2.27. The van der Waals surface area contributed by atoms with Gasteiger partial charge in [0.25, 0.3) is 0 Å². The van der Waals surface area contributed by atoms with E-state index in [-0.39, 0.29) is 12.1 Å². The molecule has 2 atom stereocenters. The van der Waals surface area contributed by atoms with E-state index in [2.05, 4.69) is 0 Å². The van der Waals surface area contributed by atoms with Gasteiger partial charge in [0.05, 0.1) is 6.54 Å². The molecule has 0 saturated carbocycles. The quantitative estimate of drug-likeness (QED) is 0.858. The monoisotopic (exact) mass is 250 g/mol. The van der Waals surface area contributed by atoms with Crippen molar-refractivity contribution in [3.8, 4) is 5.75 Å². The molecule has 5 heteroatoms. The predicted molar refractivity (Wildman–Crippen MR) is 67.7 cm³/mol. The second-order valence-electron chi connectivity index (χ2n) is 4.61. The Kier molecular flexibility index (Phi) is 3.72. The number of amides is 1. The molecule has 1 aliphatic rings. The Balaban J connectivity index is 1.92. The molecule has 18 heavy (non-hydrogen) atoms. The summed E-state index contributed by atoms with van der Waals surface area (Å²) in [5.41, 5.74) is 6.82. The number of hydrogen-bond donors (Lipinski definition) is 2. The lowest BCUT2D eigenvalue weighted by Crippen LogP contribution is -2.29. The Morgan fingerprint density at radius 2 is 2.17 bits per heavy atom. The zero-order chi connectivity index (χ0) is 13.1. The highest BCUT2D eigenvalue weighted by molar-refractivity contribution is 5.65. The smallest absolute Gasteiger partial charge is 0.407 e. The van der Waals surface area contributed by atoms with Crippen molar-refractivity contribution in [1.29, 1.82) is 0 Å². The molecule has 1 unspecified atom stereocenters. The number of likely N-dealkylation sites (tertiary alicyclic amines) is 1. The molecule has 1 aliphatic heterocycles. The van der Waals surface area contributed by atoms with Crippen molar-refractivity contribution < 1.29 is 14.6 Å². The molecule has 0 aliphatic carbocycles. The van der Waals surface area contributed by atoms with Crippen LogP contribution in [0, 0.1) is 0 Å². The van der Waals surface area contributed by atoms with Crippen molar-refractivity contribution in [2.24, 2.45) is 5.73 Å². The van der Waals surface area contributed by atoms with Crippen LogP contribution in [0.1, 0.15) is 24.9 Å². The van der Waals surface area contributed by atoms with Crippen molar-refractivity contribution in [2.75, 3.05) is 13.1 Å². The maximum atomic E-state index is 10.8. The van der Waals surface area contributed by atoms with Crippen LogP contribution in [-0.4, -0.2) is 35.3 Å². The lowest BCUT2D eigenvalue weighted by molar-refractivity contribution is 0.145. The van der Waals surface area contributed by atoms with Gasteiger partial charge in [-0.15, -0.1) is 0 Å². The summed E-state index contributed by atoms with van der Waals surface area (Å²) in [5, 5.41) is 8.85. The van der Waals surface area contributed by atoms with E-state index in [9.17, 15) is 4.79 Å². The molecule has 0 spiro atoms. The predicted octanol–water partition coefficient (Wildman–Crippen LogP) is 1.84. The van der Waals surface area contributed by atoms with Crippen LogP contribution in [0.3, 0.4) is 0 Å². The van der Waals surface area contributed by atoms with Crippen molar-refractivity contribution in [1.82, 2.24) is 4.90 Å². The first-order valence-corrected chi connectivity index (χ1v) is 6.06. The standard InChI is InChI=1S/C13H18N2O3/c1-9(14)10-2-4-11(5-3-10)18-12-6-7-15(8-12)13(16)17/h2-5,9,12H,6-8,14H2,1H3,(H,16,17)/t9-,12?/m0/s1. The van der Waals surface area contributed by atoms with E-state index in [1.807, 2.05) is 31.2 Å². The molecular formula is C13H18N2O3. The maximum Gasteiger partial charge on any atom is 0.407 e. The molecule has 1 heterocycles. The third-order valence-corrected chi connectivity index (χ3v) is 3.12. The minimum atomic E-state index is -0.881. The van der Waals surface area contributed by atoms with Crippen LogP contribution in [0.25, 0.3) is 0 Å². The Labute approximate surface area is 106 Å². The highest BCUT2D eigenvalue weighted by atomic mass is 16.5. The molecule has 1 aromatic carbocycles. The summed E-state index contributed by atoms with van der Waals surface area (Å²) < 4.78 is 5.74. The van der Waals surface area contributed by atoms with Crippen LogP contribution >= 0.6 is 0 Å². The van der Waals surface area contributed by atoms with E-state index >= 15 is 0 Å². The van der Waals surface area contributed by atoms with E-state index in [0.717, 1.165) is 17.7 Å². The van der Waals surface area contributed by atoms with Gasteiger partial charge in [0.2, 0.25) is 0 Å². The van der Waals surface area contributed by atoms with Gasteiger partial charge >= 0.3 is 6.09 Å². The molecule has 1 aromatic rings. The molecule has 1 saturated heterocycles. The first kappa shape index (κ1) is 12.7. The van der Waals surface area contributed by atoms with E-state index in [0.29, 0.717) is 13.1 Å². The topological polar surface area (TPSA) is 75.8 Å². The Morgan fingerprint density at radius 1 is 1.50 bits per heavy atom. The summed E-state index contributed by atoms with van der Waals surface area (Å²) in [5.74, 6) is 0.761. The van der Waals surface area contributed by atoms with Gasteiger partial charge in [-0.05, 0) is 24.6 Å². The number of ether oxygens (including phenoxy) is 1. The molecule has 0 radical (unpaired) electrons. The minimum absolute atomic E-state index is 0.00744. The van der Waals surface area contributed by atoms with Crippen molar-refractivity contribution >= 4 is 6.09 Å². The fraction of sp³-hybridized carbons (Fsp3) is 0.462. The molecule has 5 nitrogen and oxygen atoms in total. The van der Waals surface area contributed by atoms with Crippen LogP contribution < -0.4 is 10.5 Å². The fourth-order valence-electron chi connectivity index (χ4n) is 2.04. The number of carboxylic acid groups (broad SMARTS) is 1. The van der Waals surface area contributed by atoms with Crippen molar-refractivity contribution in [3.05, 3.63) is 29.8 Å². The van der Waals surface area contributed by atoms with Crippen LogP contribution in [0.15, 0.2) is 24.3 Å². The Hall–Kier alpha value is -1.75. The largest absolute Gasteiger partial charge is 0.489 e. The molecule has 2 rings (SSSR count). The highest BCUT2D eigenvalue weighted by Crippen LogP contribution is 2.20. The normalized spacial score (nSPS) is 20.8. The fourth-order valence-corrected chi connectivity index (χ4v) is 2.04. The number of nitrogens with zero attached hydrogens (tertiary/aromatic N) is 1. The molecule has 0 aromatic heterocycles. The lowest BCUT2D eigenvalue weighted by Gasteiger charge is -2.15. The molecule has 98 valence electrons. The summed E-state index contributed by atoms with van der Waals surface area (Å²) in [7, 11) is 0. The summed E-state index contributed by atoms with van der Waals surface area (Å²) >= 11 is 0. The van der Waals surface area contributed by atoms with Gasteiger partial charge in [-0.3, -0.25) is 0 Å². The SMILES string of the molecule is C[C@H](N)c1ccc(OC2CCN(C(=O)O)C2)cc1.